The first-order chi connectivity index (χ1) is 11.8. The number of hydrogen-bond donors (Lipinski definition) is 0. The molecule has 1 atom stereocenters. The molecule has 5 rings (SSSR count). The van der Waals surface area contributed by atoms with Crippen molar-refractivity contribution in [1.29, 1.82) is 0 Å². The molecule has 0 saturated carbocycles. The Balaban J connectivity index is 1.83. The molecule has 4 aromatic rings. The van der Waals surface area contributed by atoms with E-state index < -0.39 is 0 Å². The highest BCUT2D eigenvalue weighted by molar-refractivity contribution is 6.05. The molecule has 0 fully saturated rings. The van der Waals surface area contributed by atoms with Crippen LogP contribution in [-0.4, -0.2) is 6.29 Å². The molecule has 0 spiro atoms. The van der Waals surface area contributed by atoms with Gasteiger partial charge in [-0.15, -0.1) is 0 Å². The van der Waals surface area contributed by atoms with Crippen LogP contribution >= 0.6 is 0 Å². The van der Waals surface area contributed by atoms with Crippen LogP contribution in [-0.2, 0) is 4.79 Å². The summed E-state index contributed by atoms with van der Waals surface area (Å²) in [7, 11) is 0. The lowest BCUT2D eigenvalue weighted by Gasteiger charge is -2.18. The second kappa shape index (κ2) is 5.04. The molecule has 0 aliphatic heterocycles. The summed E-state index contributed by atoms with van der Waals surface area (Å²) in [5.41, 5.74) is 2.33. The van der Waals surface area contributed by atoms with Gasteiger partial charge in [0.15, 0.2) is 0 Å². The SMILES string of the molecule is O=CC1CC=Cc2cc3cc4cc5ccccc5cc4cc3cc21. The highest BCUT2D eigenvalue weighted by atomic mass is 16.1. The Bertz CT molecular complexity index is 1150. The lowest BCUT2D eigenvalue weighted by Crippen LogP contribution is -2.04. The van der Waals surface area contributed by atoms with E-state index in [1.807, 2.05) is 0 Å². The lowest BCUT2D eigenvalue weighted by atomic mass is 9.86. The van der Waals surface area contributed by atoms with Gasteiger partial charge in [0.2, 0.25) is 0 Å². The standard InChI is InChI=1S/C23H16O/c24-14-18-7-3-6-17-10-21-11-19-8-15-4-1-2-5-16(15)9-20(19)12-22(21)13-23(17)18/h1-6,8-14,18H,7H2. The van der Waals surface area contributed by atoms with Gasteiger partial charge in [0.05, 0.1) is 0 Å². The maximum atomic E-state index is 11.4. The van der Waals surface area contributed by atoms with Crippen molar-refractivity contribution in [1.82, 2.24) is 0 Å². The van der Waals surface area contributed by atoms with Crippen molar-refractivity contribution in [3.05, 3.63) is 77.9 Å². The van der Waals surface area contributed by atoms with E-state index in [4.69, 9.17) is 0 Å². The second-order valence-electron chi connectivity index (χ2n) is 6.61. The molecule has 1 aliphatic carbocycles. The smallest absolute Gasteiger partial charge is 0.127 e. The van der Waals surface area contributed by atoms with Gasteiger partial charge in [0, 0.05) is 5.92 Å². The number of carbonyl (C=O) groups is 1. The molecule has 0 N–H and O–H groups in total. The number of hydrogen-bond acceptors (Lipinski definition) is 1. The monoisotopic (exact) mass is 308 g/mol. The second-order valence-corrected chi connectivity index (χ2v) is 6.61. The molecular formula is C23H16O. The summed E-state index contributed by atoms with van der Waals surface area (Å²) in [6.07, 6.45) is 6.12. The Morgan fingerprint density at radius 3 is 2.00 bits per heavy atom. The van der Waals surface area contributed by atoms with Crippen molar-refractivity contribution in [2.45, 2.75) is 12.3 Å². The molecule has 1 heteroatoms. The largest absolute Gasteiger partial charge is 0.303 e. The predicted octanol–water partition coefficient (Wildman–Crippen LogP) is 5.85. The molecule has 0 saturated heterocycles. The molecular weight excluding hydrogens is 292 g/mol. The molecule has 4 aromatic carbocycles. The average Bonchev–Trinajstić information content (AvgIpc) is 2.62. The first-order valence-corrected chi connectivity index (χ1v) is 8.34. The highest BCUT2D eigenvalue weighted by Gasteiger charge is 2.17. The third-order valence-corrected chi connectivity index (χ3v) is 5.11. The summed E-state index contributed by atoms with van der Waals surface area (Å²) in [5.74, 6) is -0.0123. The molecule has 0 aromatic heterocycles. The number of rotatable bonds is 1. The van der Waals surface area contributed by atoms with Crippen LogP contribution in [0.5, 0.6) is 0 Å². The van der Waals surface area contributed by atoms with Gasteiger partial charge in [-0.25, -0.2) is 0 Å². The normalized spacial score (nSPS) is 16.6. The zero-order valence-electron chi connectivity index (χ0n) is 13.2. The molecule has 1 unspecified atom stereocenters. The average molecular weight is 308 g/mol. The summed E-state index contributed by atoms with van der Waals surface area (Å²) in [4.78, 5) is 11.4. The number of fused-ring (bicyclic) bond motifs is 4. The number of allylic oxidation sites excluding steroid dienone is 1. The number of carbonyl (C=O) groups excluding carboxylic acids is 1. The van der Waals surface area contributed by atoms with Gasteiger partial charge in [0.25, 0.3) is 0 Å². The van der Waals surface area contributed by atoms with Crippen molar-refractivity contribution in [3.63, 3.8) is 0 Å². The first kappa shape index (κ1) is 13.5. The molecule has 0 heterocycles. The Labute approximate surface area is 140 Å². The summed E-state index contributed by atoms with van der Waals surface area (Å²) < 4.78 is 0. The Kier molecular flexibility index (Phi) is 2.83. The fraction of sp³-hybridized carbons (Fsp3) is 0.0870. The van der Waals surface area contributed by atoms with Gasteiger partial charge in [-0.2, -0.15) is 0 Å². The Morgan fingerprint density at radius 2 is 1.33 bits per heavy atom. The van der Waals surface area contributed by atoms with Crippen LogP contribution in [0.1, 0.15) is 23.5 Å². The van der Waals surface area contributed by atoms with Crippen molar-refractivity contribution in [2.75, 3.05) is 0 Å². The molecule has 0 bridgehead atoms. The van der Waals surface area contributed by atoms with Gasteiger partial charge in [-0.05, 0) is 86.3 Å². The van der Waals surface area contributed by atoms with E-state index in [0.29, 0.717) is 0 Å². The minimum absolute atomic E-state index is 0.0123. The van der Waals surface area contributed by atoms with E-state index in [0.717, 1.165) is 18.3 Å². The summed E-state index contributed by atoms with van der Waals surface area (Å²) in [6, 6.07) is 21.9. The van der Waals surface area contributed by atoms with Crippen LogP contribution < -0.4 is 0 Å². The van der Waals surface area contributed by atoms with Gasteiger partial charge in [-0.1, -0.05) is 36.4 Å². The number of benzene rings is 4. The van der Waals surface area contributed by atoms with Crippen molar-refractivity contribution >= 4 is 44.7 Å². The van der Waals surface area contributed by atoms with E-state index in [1.54, 1.807) is 0 Å². The zero-order chi connectivity index (χ0) is 16.1. The van der Waals surface area contributed by atoms with E-state index in [-0.39, 0.29) is 5.92 Å². The topological polar surface area (TPSA) is 17.1 Å². The third-order valence-electron chi connectivity index (χ3n) is 5.11. The summed E-state index contributed by atoms with van der Waals surface area (Å²) in [6.45, 7) is 0. The fourth-order valence-corrected chi connectivity index (χ4v) is 3.84. The summed E-state index contributed by atoms with van der Waals surface area (Å²) >= 11 is 0. The van der Waals surface area contributed by atoms with Crippen LogP contribution in [0, 0.1) is 0 Å². The molecule has 114 valence electrons. The van der Waals surface area contributed by atoms with Crippen LogP contribution in [0.4, 0.5) is 0 Å². The zero-order valence-corrected chi connectivity index (χ0v) is 13.2. The lowest BCUT2D eigenvalue weighted by molar-refractivity contribution is -0.109. The van der Waals surface area contributed by atoms with E-state index in [9.17, 15) is 4.79 Å². The van der Waals surface area contributed by atoms with Crippen LogP contribution in [0.25, 0.3) is 38.4 Å². The molecule has 0 radical (unpaired) electrons. The van der Waals surface area contributed by atoms with E-state index in [2.05, 4.69) is 72.8 Å². The Morgan fingerprint density at radius 1 is 0.750 bits per heavy atom. The maximum Gasteiger partial charge on any atom is 0.127 e. The van der Waals surface area contributed by atoms with Crippen molar-refractivity contribution < 1.29 is 4.79 Å². The van der Waals surface area contributed by atoms with Crippen LogP contribution in [0.2, 0.25) is 0 Å². The summed E-state index contributed by atoms with van der Waals surface area (Å²) in [5, 5.41) is 7.47. The van der Waals surface area contributed by atoms with Gasteiger partial charge >= 0.3 is 0 Å². The third kappa shape index (κ3) is 1.98. The molecule has 24 heavy (non-hydrogen) atoms. The van der Waals surface area contributed by atoms with Crippen LogP contribution in [0.3, 0.4) is 0 Å². The maximum absolute atomic E-state index is 11.4. The van der Waals surface area contributed by atoms with Gasteiger partial charge < -0.3 is 4.79 Å². The molecule has 1 nitrogen and oxygen atoms in total. The Hall–Kier alpha value is -2.93. The minimum atomic E-state index is -0.0123. The van der Waals surface area contributed by atoms with E-state index >= 15 is 0 Å². The van der Waals surface area contributed by atoms with Gasteiger partial charge in [0.1, 0.15) is 6.29 Å². The molecule has 0 amide bonds. The first-order valence-electron chi connectivity index (χ1n) is 8.34. The quantitative estimate of drug-likeness (QED) is 0.318. The van der Waals surface area contributed by atoms with Crippen molar-refractivity contribution in [2.24, 2.45) is 0 Å². The van der Waals surface area contributed by atoms with Crippen LogP contribution in [0.15, 0.2) is 66.7 Å². The minimum Gasteiger partial charge on any atom is -0.303 e. The molecule has 1 aliphatic rings. The van der Waals surface area contributed by atoms with Gasteiger partial charge in [-0.3, -0.25) is 0 Å². The number of aldehydes is 1. The predicted molar refractivity (Wildman–Crippen MR) is 101 cm³/mol. The van der Waals surface area contributed by atoms with E-state index in [1.165, 1.54) is 37.9 Å². The highest BCUT2D eigenvalue weighted by Crippen LogP contribution is 2.34. The van der Waals surface area contributed by atoms with Crippen molar-refractivity contribution in [3.8, 4) is 0 Å². The fourth-order valence-electron chi connectivity index (χ4n) is 3.84.